The van der Waals surface area contributed by atoms with Gasteiger partial charge in [0.05, 0.1) is 6.61 Å². The summed E-state index contributed by atoms with van der Waals surface area (Å²) in [5.41, 5.74) is 1.19. The third-order valence-corrected chi connectivity index (χ3v) is 3.62. The zero-order valence-electron chi connectivity index (χ0n) is 8.28. The van der Waals surface area contributed by atoms with E-state index in [0.717, 1.165) is 28.7 Å². The van der Waals surface area contributed by atoms with Gasteiger partial charge in [-0.1, -0.05) is 11.6 Å². The number of ether oxygens (including phenoxy) is 1. The summed E-state index contributed by atoms with van der Waals surface area (Å²) in [5, 5.41) is 9.44. The first-order valence-corrected chi connectivity index (χ1v) is 6.46. The van der Waals surface area contributed by atoms with E-state index in [4.69, 9.17) is 21.4 Å². The molecular formula is C11H13ClO2S. The van der Waals surface area contributed by atoms with Gasteiger partial charge in [-0.15, -0.1) is 0 Å². The smallest absolute Gasteiger partial charge is 0.123 e. The lowest BCUT2D eigenvalue weighted by Crippen LogP contribution is -2.16. The molecule has 2 nitrogen and oxygen atoms in total. The zero-order valence-corrected chi connectivity index (χ0v) is 9.85. The number of rotatable bonds is 4. The predicted octanol–water partition coefficient (Wildman–Crippen LogP) is 2.37. The second-order valence-corrected chi connectivity index (χ2v) is 5.08. The van der Waals surface area contributed by atoms with Crippen LogP contribution >= 0.6 is 23.4 Å². The lowest BCUT2D eigenvalue weighted by molar-refractivity contribution is 0.259. The van der Waals surface area contributed by atoms with Gasteiger partial charge in [0.2, 0.25) is 0 Å². The number of aliphatic hydroxyl groups is 1. The minimum Gasteiger partial charge on any atom is -0.489 e. The Balaban J connectivity index is 1.91. The molecule has 4 heteroatoms. The molecule has 1 aliphatic rings. The lowest BCUT2D eigenvalue weighted by atomic mass is 10.1. The number of hydrogen-bond donors (Lipinski definition) is 1. The maximum Gasteiger partial charge on any atom is 0.123 e. The van der Waals surface area contributed by atoms with Crippen molar-refractivity contribution in [1.29, 1.82) is 0 Å². The molecule has 0 saturated carbocycles. The van der Waals surface area contributed by atoms with Crippen LogP contribution in [0.1, 0.15) is 5.56 Å². The first-order valence-electron chi connectivity index (χ1n) is 4.93. The van der Waals surface area contributed by atoms with Gasteiger partial charge in [0.15, 0.2) is 0 Å². The Morgan fingerprint density at radius 3 is 3.20 bits per heavy atom. The largest absolute Gasteiger partial charge is 0.489 e. The molecule has 0 spiro atoms. The van der Waals surface area contributed by atoms with Crippen molar-refractivity contribution in [2.24, 2.45) is 0 Å². The minimum absolute atomic E-state index is 0.231. The summed E-state index contributed by atoms with van der Waals surface area (Å²) >= 11 is 7.62. The molecule has 1 atom stereocenters. The monoisotopic (exact) mass is 244 g/mol. The molecule has 0 radical (unpaired) electrons. The van der Waals surface area contributed by atoms with Gasteiger partial charge in [-0.3, -0.25) is 0 Å². The Labute approximate surface area is 98.6 Å². The normalized spacial score (nSPS) is 18.7. The number of benzene rings is 1. The molecule has 1 aromatic carbocycles. The fourth-order valence-electron chi connectivity index (χ4n) is 1.66. The highest BCUT2D eigenvalue weighted by Gasteiger charge is 2.22. The van der Waals surface area contributed by atoms with Crippen molar-refractivity contribution in [2.45, 2.75) is 12.5 Å². The highest BCUT2D eigenvalue weighted by molar-refractivity contribution is 7.99. The van der Waals surface area contributed by atoms with Crippen molar-refractivity contribution < 1.29 is 9.84 Å². The van der Waals surface area contributed by atoms with Crippen molar-refractivity contribution in [1.82, 2.24) is 0 Å². The van der Waals surface area contributed by atoms with Gasteiger partial charge in [0.25, 0.3) is 0 Å². The average molecular weight is 245 g/mol. The Bertz CT molecular complexity index is 343. The Hall–Kier alpha value is -0.380. The molecule has 82 valence electrons. The SMILES string of the molecule is OCCSCC1Cc2cc(Cl)ccc2O1. The highest BCUT2D eigenvalue weighted by atomic mass is 35.5. The average Bonchev–Trinajstić information content (AvgIpc) is 2.60. The van der Waals surface area contributed by atoms with Gasteiger partial charge < -0.3 is 9.84 Å². The van der Waals surface area contributed by atoms with Gasteiger partial charge in [0, 0.05) is 22.9 Å². The first-order chi connectivity index (χ1) is 7.29. The predicted molar refractivity (Wildman–Crippen MR) is 64.0 cm³/mol. The summed E-state index contributed by atoms with van der Waals surface area (Å²) in [6.07, 6.45) is 1.16. The van der Waals surface area contributed by atoms with Crippen molar-refractivity contribution in [3.05, 3.63) is 28.8 Å². The summed E-state index contributed by atoms with van der Waals surface area (Å²) in [6, 6.07) is 5.74. The number of halogens is 1. The Kier molecular flexibility index (Phi) is 3.78. The van der Waals surface area contributed by atoms with E-state index >= 15 is 0 Å². The molecule has 0 aliphatic carbocycles. The molecule has 2 rings (SSSR count). The second kappa shape index (κ2) is 5.10. The molecule has 0 amide bonds. The van der Waals surface area contributed by atoms with Crippen molar-refractivity contribution in [3.63, 3.8) is 0 Å². The molecule has 1 aromatic rings. The number of hydrogen-bond acceptors (Lipinski definition) is 3. The number of fused-ring (bicyclic) bond motifs is 1. The molecule has 0 bridgehead atoms. The van der Waals surface area contributed by atoms with E-state index in [1.807, 2.05) is 18.2 Å². The van der Waals surface area contributed by atoms with Crippen LogP contribution in [-0.2, 0) is 6.42 Å². The summed E-state index contributed by atoms with van der Waals surface area (Å²) < 4.78 is 5.75. The van der Waals surface area contributed by atoms with Crippen LogP contribution in [0.4, 0.5) is 0 Å². The van der Waals surface area contributed by atoms with E-state index in [2.05, 4.69) is 0 Å². The standard InChI is InChI=1S/C11H13ClO2S/c12-9-1-2-11-8(5-9)6-10(14-11)7-15-4-3-13/h1-2,5,10,13H,3-4,6-7H2. The second-order valence-electron chi connectivity index (χ2n) is 3.49. The van der Waals surface area contributed by atoms with Gasteiger partial charge in [-0.05, 0) is 23.8 Å². The third-order valence-electron chi connectivity index (χ3n) is 2.30. The molecule has 0 fully saturated rings. The number of thioether (sulfide) groups is 1. The van der Waals surface area contributed by atoms with Crippen molar-refractivity contribution >= 4 is 23.4 Å². The van der Waals surface area contributed by atoms with Crippen LogP contribution < -0.4 is 4.74 Å². The van der Waals surface area contributed by atoms with Crippen LogP contribution in [0.2, 0.25) is 5.02 Å². The molecule has 1 unspecified atom stereocenters. The van der Waals surface area contributed by atoms with E-state index in [-0.39, 0.29) is 12.7 Å². The van der Waals surface area contributed by atoms with E-state index in [1.165, 1.54) is 5.56 Å². The Morgan fingerprint density at radius 2 is 2.40 bits per heavy atom. The fraction of sp³-hybridized carbons (Fsp3) is 0.455. The quantitative estimate of drug-likeness (QED) is 0.825. The van der Waals surface area contributed by atoms with E-state index in [0.29, 0.717) is 0 Å². The van der Waals surface area contributed by atoms with Crippen LogP contribution in [0.3, 0.4) is 0 Å². The summed E-state index contributed by atoms with van der Waals surface area (Å²) in [4.78, 5) is 0. The van der Waals surface area contributed by atoms with E-state index < -0.39 is 0 Å². The molecule has 1 aliphatic heterocycles. The molecule has 0 aromatic heterocycles. The summed E-state index contributed by atoms with van der Waals surface area (Å²) in [6.45, 7) is 0.232. The van der Waals surface area contributed by atoms with Crippen LogP contribution in [0.25, 0.3) is 0 Å². The Morgan fingerprint density at radius 1 is 1.53 bits per heavy atom. The van der Waals surface area contributed by atoms with Crippen molar-refractivity contribution in [3.8, 4) is 5.75 Å². The van der Waals surface area contributed by atoms with E-state index in [1.54, 1.807) is 11.8 Å². The van der Waals surface area contributed by atoms with Gasteiger partial charge in [-0.2, -0.15) is 11.8 Å². The van der Waals surface area contributed by atoms with Gasteiger partial charge >= 0.3 is 0 Å². The van der Waals surface area contributed by atoms with Crippen LogP contribution in [-0.4, -0.2) is 29.3 Å². The minimum atomic E-state index is 0.231. The molecular weight excluding hydrogens is 232 g/mol. The van der Waals surface area contributed by atoms with Crippen LogP contribution in [0.15, 0.2) is 18.2 Å². The molecule has 0 saturated heterocycles. The van der Waals surface area contributed by atoms with Crippen molar-refractivity contribution in [2.75, 3.05) is 18.1 Å². The summed E-state index contributed by atoms with van der Waals surface area (Å²) in [7, 11) is 0. The third kappa shape index (κ3) is 2.80. The zero-order chi connectivity index (χ0) is 10.7. The maximum atomic E-state index is 8.67. The fourth-order valence-corrected chi connectivity index (χ4v) is 2.60. The summed E-state index contributed by atoms with van der Waals surface area (Å²) in [5.74, 6) is 2.65. The van der Waals surface area contributed by atoms with Gasteiger partial charge in [-0.25, -0.2) is 0 Å². The first kappa shape index (κ1) is 11.1. The van der Waals surface area contributed by atoms with E-state index in [9.17, 15) is 0 Å². The highest BCUT2D eigenvalue weighted by Crippen LogP contribution is 2.32. The number of aliphatic hydroxyl groups excluding tert-OH is 1. The lowest BCUT2D eigenvalue weighted by Gasteiger charge is -2.09. The van der Waals surface area contributed by atoms with Gasteiger partial charge in [0.1, 0.15) is 11.9 Å². The van der Waals surface area contributed by atoms with Crippen LogP contribution in [0, 0.1) is 0 Å². The molecule has 1 heterocycles. The topological polar surface area (TPSA) is 29.5 Å². The molecule has 1 N–H and O–H groups in total. The maximum absolute atomic E-state index is 8.67. The van der Waals surface area contributed by atoms with Crippen LogP contribution in [0.5, 0.6) is 5.75 Å². The molecule has 15 heavy (non-hydrogen) atoms.